The van der Waals surface area contributed by atoms with Crippen LogP contribution in [0.3, 0.4) is 0 Å². The molecule has 0 N–H and O–H groups in total. The summed E-state index contributed by atoms with van der Waals surface area (Å²) in [6.07, 6.45) is 1.69. The van der Waals surface area contributed by atoms with E-state index in [4.69, 9.17) is 4.52 Å². The SMILES string of the molecule is c1ccc2cc3c4ccnoc-4cc3cc2c1. The molecule has 2 heteroatoms. The van der Waals surface area contributed by atoms with Crippen LogP contribution in [-0.2, 0) is 0 Å². The van der Waals surface area contributed by atoms with E-state index in [1.54, 1.807) is 6.20 Å². The Morgan fingerprint density at radius 3 is 2.53 bits per heavy atom. The maximum Gasteiger partial charge on any atom is 0.166 e. The summed E-state index contributed by atoms with van der Waals surface area (Å²) in [5, 5.41) is 8.74. The molecule has 0 aromatic heterocycles. The molecule has 1 heterocycles. The third-order valence-electron chi connectivity index (χ3n) is 3.21. The highest BCUT2D eigenvalue weighted by molar-refractivity contribution is 6.07. The zero-order valence-electron chi connectivity index (χ0n) is 9.05. The van der Waals surface area contributed by atoms with Gasteiger partial charge in [0, 0.05) is 5.56 Å². The summed E-state index contributed by atoms with van der Waals surface area (Å²) in [6.45, 7) is 0. The summed E-state index contributed by atoms with van der Waals surface area (Å²) >= 11 is 0. The number of hydrogen-bond acceptors (Lipinski definition) is 2. The van der Waals surface area contributed by atoms with Gasteiger partial charge in [-0.3, -0.25) is 0 Å². The minimum Gasteiger partial charge on any atom is -0.356 e. The summed E-state index contributed by atoms with van der Waals surface area (Å²) in [4.78, 5) is 0. The number of rotatable bonds is 0. The summed E-state index contributed by atoms with van der Waals surface area (Å²) in [7, 11) is 0. The molecule has 2 nitrogen and oxygen atoms in total. The first kappa shape index (κ1) is 8.76. The molecule has 0 fully saturated rings. The number of nitrogens with zero attached hydrogens (tertiary/aromatic N) is 1. The largest absolute Gasteiger partial charge is 0.356 e. The molecule has 0 spiro atoms. The molecular formula is C15H9NO. The van der Waals surface area contributed by atoms with E-state index in [1.165, 1.54) is 21.5 Å². The zero-order chi connectivity index (χ0) is 11.2. The van der Waals surface area contributed by atoms with E-state index in [0.29, 0.717) is 0 Å². The molecule has 1 aliphatic carbocycles. The van der Waals surface area contributed by atoms with Crippen molar-refractivity contribution in [3.8, 4) is 11.3 Å². The van der Waals surface area contributed by atoms with Crippen LogP contribution in [0, 0.1) is 0 Å². The molecule has 0 saturated heterocycles. The van der Waals surface area contributed by atoms with Gasteiger partial charge in [-0.05, 0) is 45.8 Å². The second-order valence-corrected chi connectivity index (χ2v) is 4.22. The van der Waals surface area contributed by atoms with Gasteiger partial charge in [-0.15, -0.1) is 0 Å². The fourth-order valence-corrected chi connectivity index (χ4v) is 2.40. The lowest BCUT2D eigenvalue weighted by Gasteiger charge is -1.99. The van der Waals surface area contributed by atoms with Gasteiger partial charge in [-0.25, -0.2) is 0 Å². The molecule has 4 rings (SSSR count). The second-order valence-electron chi connectivity index (χ2n) is 4.22. The van der Waals surface area contributed by atoms with Crippen LogP contribution in [0.25, 0.3) is 32.9 Å². The summed E-state index contributed by atoms with van der Waals surface area (Å²) in [5.74, 6) is 0.845. The number of fused-ring (bicyclic) bond motifs is 4. The zero-order valence-corrected chi connectivity index (χ0v) is 9.05. The molecule has 0 bridgehead atoms. The first-order valence-corrected chi connectivity index (χ1v) is 5.58. The van der Waals surface area contributed by atoms with Crippen LogP contribution in [0.2, 0.25) is 0 Å². The Balaban J connectivity index is 2.24. The van der Waals surface area contributed by atoms with Crippen molar-refractivity contribution in [1.82, 2.24) is 5.16 Å². The van der Waals surface area contributed by atoms with E-state index in [2.05, 4.69) is 41.6 Å². The molecule has 0 radical (unpaired) electrons. The lowest BCUT2D eigenvalue weighted by atomic mass is 10.1. The van der Waals surface area contributed by atoms with Crippen molar-refractivity contribution in [3.63, 3.8) is 0 Å². The lowest BCUT2D eigenvalue weighted by Crippen LogP contribution is -1.76. The fraction of sp³-hybridized carbons (Fsp3) is 0. The highest BCUT2D eigenvalue weighted by Gasteiger charge is 2.12. The van der Waals surface area contributed by atoms with Crippen LogP contribution < -0.4 is 0 Å². The Hall–Kier alpha value is -2.35. The van der Waals surface area contributed by atoms with E-state index in [1.807, 2.05) is 12.1 Å². The Labute approximate surface area is 97.8 Å². The van der Waals surface area contributed by atoms with Gasteiger partial charge < -0.3 is 4.52 Å². The molecule has 80 valence electrons. The van der Waals surface area contributed by atoms with Crippen LogP contribution in [0.1, 0.15) is 0 Å². The van der Waals surface area contributed by atoms with Crippen molar-refractivity contribution in [3.05, 3.63) is 54.7 Å². The molecule has 0 amide bonds. The predicted molar refractivity (Wildman–Crippen MR) is 68.1 cm³/mol. The Kier molecular flexibility index (Phi) is 1.59. The summed E-state index contributed by atoms with van der Waals surface area (Å²) in [6, 6.07) is 16.8. The smallest absolute Gasteiger partial charge is 0.166 e. The summed E-state index contributed by atoms with van der Waals surface area (Å²) in [5.41, 5.74) is 1.13. The Morgan fingerprint density at radius 2 is 1.65 bits per heavy atom. The Morgan fingerprint density at radius 1 is 0.824 bits per heavy atom. The molecule has 0 saturated carbocycles. The van der Waals surface area contributed by atoms with Gasteiger partial charge in [-0.2, -0.15) is 0 Å². The van der Waals surface area contributed by atoms with Crippen molar-refractivity contribution in [1.29, 1.82) is 0 Å². The lowest BCUT2D eigenvalue weighted by molar-refractivity contribution is 0.414. The average molecular weight is 219 g/mol. The number of benzene rings is 2. The fourth-order valence-electron chi connectivity index (χ4n) is 2.40. The molecule has 17 heavy (non-hydrogen) atoms. The standard InChI is InChI=1S/C15H9NO/c1-2-4-11-8-14-12(7-10(11)3-1)9-15-13(14)5-6-16-17-15/h1-9H. The minimum absolute atomic E-state index is 0.845. The van der Waals surface area contributed by atoms with Crippen molar-refractivity contribution in [2.45, 2.75) is 0 Å². The molecule has 2 aromatic rings. The van der Waals surface area contributed by atoms with Crippen molar-refractivity contribution in [2.75, 3.05) is 0 Å². The average Bonchev–Trinajstić information content (AvgIpc) is 2.73. The van der Waals surface area contributed by atoms with E-state index in [-0.39, 0.29) is 0 Å². The normalized spacial score (nSPS) is 11.5. The van der Waals surface area contributed by atoms with E-state index in [0.717, 1.165) is 11.3 Å². The van der Waals surface area contributed by atoms with Gasteiger partial charge in [0.25, 0.3) is 0 Å². The Bertz CT molecular complexity index is 800. The molecule has 1 aliphatic heterocycles. The van der Waals surface area contributed by atoms with E-state index < -0.39 is 0 Å². The van der Waals surface area contributed by atoms with Gasteiger partial charge in [0.05, 0.1) is 6.20 Å². The van der Waals surface area contributed by atoms with Crippen LogP contribution in [0.15, 0.2) is 59.3 Å². The van der Waals surface area contributed by atoms with Gasteiger partial charge in [-0.1, -0.05) is 29.4 Å². The molecule has 0 atom stereocenters. The first-order valence-electron chi connectivity index (χ1n) is 5.58. The highest BCUT2D eigenvalue weighted by Crippen LogP contribution is 2.35. The molecule has 2 aromatic carbocycles. The predicted octanol–water partition coefficient (Wildman–Crippen LogP) is 4.09. The van der Waals surface area contributed by atoms with Crippen LogP contribution in [0.4, 0.5) is 0 Å². The minimum atomic E-state index is 0.845. The van der Waals surface area contributed by atoms with Crippen LogP contribution in [-0.4, -0.2) is 5.16 Å². The quantitative estimate of drug-likeness (QED) is 0.445. The van der Waals surface area contributed by atoms with Gasteiger partial charge >= 0.3 is 0 Å². The maximum atomic E-state index is 5.27. The summed E-state index contributed by atoms with van der Waals surface area (Å²) < 4.78 is 5.27. The monoisotopic (exact) mass is 219 g/mol. The first-order chi connectivity index (χ1) is 8.42. The maximum absolute atomic E-state index is 5.27. The van der Waals surface area contributed by atoms with Crippen LogP contribution >= 0.6 is 0 Å². The van der Waals surface area contributed by atoms with Gasteiger partial charge in [0.2, 0.25) is 0 Å². The van der Waals surface area contributed by atoms with Crippen molar-refractivity contribution >= 4 is 21.5 Å². The van der Waals surface area contributed by atoms with Gasteiger partial charge in [0.1, 0.15) is 0 Å². The molecule has 2 aliphatic rings. The highest BCUT2D eigenvalue weighted by atomic mass is 16.5. The second kappa shape index (κ2) is 3.08. The topological polar surface area (TPSA) is 26.0 Å². The van der Waals surface area contributed by atoms with Crippen molar-refractivity contribution in [2.24, 2.45) is 0 Å². The van der Waals surface area contributed by atoms with Crippen LogP contribution in [0.5, 0.6) is 0 Å². The van der Waals surface area contributed by atoms with E-state index in [9.17, 15) is 0 Å². The van der Waals surface area contributed by atoms with Crippen molar-refractivity contribution < 1.29 is 4.52 Å². The third kappa shape index (κ3) is 1.18. The third-order valence-corrected chi connectivity index (χ3v) is 3.21. The molecular weight excluding hydrogens is 210 g/mol. The number of aromatic nitrogens is 1. The molecule has 0 unspecified atom stereocenters. The number of hydrogen-bond donors (Lipinski definition) is 0. The van der Waals surface area contributed by atoms with Gasteiger partial charge in [0.15, 0.2) is 5.76 Å². The van der Waals surface area contributed by atoms with E-state index >= 15 is 0 Å².